The molecule has 39 heavy (non-hydrogen) atoms. The average Bonchev–Trinajstić information content (AvgIpc) is 3.54. The van der Waals surface area contributed by atoms with E-state index in [-0.39, 0.29) is 29.6 Å². The molecule has 2 atom stereocenters. The van der Waals surface area contributed by atoms with Gasteiger partial charge in [0.2, 0.25) is 0 Å². The van der Waals surface area contributed by atoms with Crippen LogP contribution in [-0.4, -0.2) is 42.2 Å². The zero-order valence-corrected chi connectivity index (χ0v) is 21.5. The van der Waals surface area contributed by atoms with E-state index in [2.05, 4.69) is 19.5 Å². The Balaban J connectivity index is 1.45. The van der Waals surface area contributed by atoms with Crippen molar-refractivity contribution in [3.63, 3.8) is 0 Å². The standard InChI is InChI=1S/C30H28FN5O3/c1-2-39-30(38)25-16-6-8-17(9-7-16)26(25)36-15-24(18-4-3-5-20(37)10-18)23-14-34-28(35-29(23)36)22-13-33-27-21(22)11-19(31)12-32-27/h3-5,10-17,25-26,37H,2,6-9H2,1H3,(H,32,33)/t16?,17?,25-,26-/m1/s1. The second kappa shape index (κ2) is 9.18. The molecule has 8 rings (SSSR count). The third-order valence-corrected chi connectivity index (χ3v) is 8.52. The van der Waals surface area contributed by atoms with Crippen LogP contribution in [0.15, 0.2) is 55.1 Å². The Morgan fingerprint density at radius 2 is 1.92 bits per heavy atom. The summed E-state index contributed by atoms with van der Waals surface area (Å²) < 4.78 is 21.8. The monoisotopic (exact) mass is 525 g/mol. The van der Waals surface area contributed by atoms with Crippen molar-refractivity contribution < 1.29 is 19.0 Å². The number of fused-ring (bicyclic) bond motifs is 5. The number of aromatic amines is 1. The maximum absolute atomic E-state index is 14.1. The van der Waals surface area contributed by atoms with Crippen molar-refractivity contribution in [2.75, 3.05) is 6.61 Å². The maximum Gasteiger partial charge on any atom is 0.311 e. The number of ether oxygens (including phenoxy) is 1. The number of rotatable bonds is 5. The molecule has 3 aliphatic carbocycles. The van der Waals surface area contributed by atoms with Crippen LogP contribution in [0.1, 0.15) is 38.6 Å². The first-order valence-electron chi connectivity index (χ1n) is 13.5. The van der Waals surface area contributed by atoms with Gasteiger partial charge in [-0.15, -0.1) is 0 Å². The molecule has 2 N–H and O–H groups in total. The van der Waals surface area contributed by atoms with Crippen LogP contribution in [0.5, 0.6) is 5.75 Å². The number of phenols is 1. The first-order valence-corrected chi connectivity index (χ1v) is 13.5. The normalized spacial score (nSPS) is 22.5. The summed E-state index contributed by atoms with van der Waals surface area (Å²) in [5.41, 5.74) is 3.62. The molecule has 0 spiro atoms. The number of nitrogens with one attached hydrogen (secondary N) is 1. The summed E-state index contributed by atoms with van der Waals surface area (Å²) in [7, 11) is 0. The lowest BCUT2D eigenvalue weighted by atomic mass is 9.61. The predicted molar refractivity (Wildman–Crippen MR) is 144 cm³/mol. The average molecular weight is 526 g/mol. The van der Waals surface area contributed by atoms with Crippen LogP contribution in [0.25, 0.3) is 44.6 Å². The van der Waals surface area contributed by atoms with E-state index in [9.17, 15) is 14.3 Å². The van der Waals surface area contributed by atoms with Crippen LogP contribution in [0.4, 0.5) is 4.39 Å². The van der Waals surface area contributed by atoms with Gasteiger partial charge >= 0.3 is 5.97 Å². The summed E-state index contributed by atoms with van der Waals surface area (Å²) in [5.74, 6) is 0.359. The number of hydrogen-bond acceptors (Lipinski definition) is 6. The highest BCUT2D eigenvalue weighted by Crippen LogP contribution is 2.53. The molecule has 0 amide bonds. The highest BCUT2D eigenvalue weighted by Gasteiger charge is 2.49. The number of pyridine rings is 1. The number of hydrogen-bond donors (Lipinski definition) is 2. The minimum atomic E-state index is -0.436. The maximum atomic E-state index is 14.1. The van der Waals surface area contributed by atoms with Gasteiger partial charge in [-0.1, -0.05) is 12.1 Å². The highest BCUT2D eigenvalue weighted by atomic mass is 19.1. The Hall–Kier alpha value is -4.27. The number of aromatic nitrogens is 5. The van der Waals surface area contributed by atoms with E-state index < -0.39 is 5.82 Å². The Kier molecular flexibility index (Phi) is 5.61. The SMILES string of the molecule is CCOC(=O)[C@@H]1C2CCC(CC2)[C@H]1n1cc(-c2cccc(O)c2)c2cnc(-c3c[nH]c4ncc(F)cc34)nc21. The van der Waals surface area contributed by atoms with Gasteiger partial charge in [0, 0.05) is 40.5 Å². The van der Waals surface area contributed by atoms with Crippen molar-refractivity contribution in [3.05, 3.63) is 60.9 Å². The second-order valence-electron chi connectivity index (χ2n) is 10.6. The molecule has 9 heteroatoms. The molecule has 4 aromatic heterocycles. The van der Waals surface area contributed by atoms with E-state index in [1.54, 1.807) is 30.6 Å². The van der Waals surface area contributed by atoms with E-state index in [0.29, 0.717) is 40.6 Å². The quantitative estimate of drug-likeness (QED) is 0.272. The zero-order chi connectivity index (χ0) is 26.7. The van der Waals surface area contributed by atoms with Gasteiger partial charge in [-0.2, -0.15) is 0 Å². The van der Waals surface area contributed by atoms with Crippen LogP contribution in [0.3, 0.4) is 0 Å². The number of halogens is 1. The lowest BCUT2D eigenvalue weighted by Crippen LogP contribution is -2.45. The number of nitrogens with zero attached hydrogens (tertiary/aromatic N) is 4. The topological polar surface area (TPSA) is 106 Å². The minimum absolute atomic E-state index is 0.102. The first-order chi connectivity index (χ1) is 19.0. The fourth-order valence-electron chi connectivity index (χ4n) is 6.84. The number of carbonyl (C=O) groups is 1. The van der Waals surface area contributed by atoms with Gasteiger partial charge in [0.1, 0.15) is 22.9 Å². The Morgan fingerprint density at radius 3 is 2.72 bits per heavy atom. The van der Waals surface area contributed by atoms with Gasteiger partial charge in [0.15, 0.2) is 5.82 Å². The van der Waals surface area contributed by atoms with Crippen molar-refractivity contribution in [3.8, 4) is 28.3 Å². The number of carbonyl (C=O) groups excluding carboxylic acids is 1. The molecule has 3 aliphatic rings. The van der Waals surface area contributed by atoms with Crippen LogP contribution in [-0.2, 0) is 9.53 Å². The molecule has 0 radical (unpaired) electrons. The van der Waals surface area contributed by atoms with E-state index in [4.69, 9.17) is 9.72 Å². The fourth-order valence-corrected chi connectivity index (χ4v) is 6.84. The van der Waals surface area contributed by atoms with Crippen molar-refractivity contribution >= 4 is 28.0 Å². The van der Waals surface area contributed by atoms with Crippen LogP contribution < -0.4 is 0 Å². The largest absolute Gasteiger partial charge is 0.508 e. The highest BCUT2D eigenvalue weighted by molar-refractivity contribution is 5.97. The lowest BCUT2D eigenvalue weighted by Gasteiger charge is -2.47. The number of phenolic OH excluding ortho intramolecular Hbond substituents is 1. The molecule has 2 bridgehead atoms. The number of benzene rings is 1. The molecule has 5 aromatic rings. The molecule has 3 fully saturated rings. The summed E-state index contributed by atoms with van der Waals surface area (Å²) in [6, 6.07) is 8.43. The summed E-state index contributed by atoms with van der Waals surface area (Å²) in [5, 5.41) is 11.6. The summed E-state index contributed by atoms with van der Waals surface area (Å²) in [6.45, 7) is 2.19. The third-order valence-electron chi connectivity index (χ3n) is 8.52. The lowest BCUT2D eigenvalue weighted by molar-refractivity contribution is -0.157. The van der Waals surface area contributed by atoms with Gasteiger partial charge in [-0.05, 0) is 68.2 Å². The minimum Gasteiger partial charge on any atom is -0.508 e. The Morgan fingerprint density at radius 1 is 1.10 bits per heavy atom. The summed E-state index contributed by atoms with van der Waals surface area (Å²) in [4.78, 5) is 30.2. The first kappa shape index (κ1) is 23.8. The number of H-pyrrole nitrogens is 1. The zero-order valence-electron chi connectivity index (χ0n) is 21.5. The van der Waals surface area contributed by atoms with Crippen LogP contribution >= 0.6 is 0 Å². The van der Waals surface area contributed by atoms with E-state index in [1.165, 1.54) is 12.3 Å². The van der Waals surface area contributed by atoms with Crippen LogP contribution in [0, 0.1) is 23.6 Å². The summed E-state index contributed by atoms with van der Waals surface area (Å²) in [6.07, 6.45) is 10.9. The molecule has 198 valence electrons. The number of aromatic hydroxyl groups is 1. The predicted octanol–water partition coefficient (Wildman–Crippen LogP) is 6.03. The molecule has 0 aliphatic heterocycles. The molecule has 3 saturated carbocycles. The van der Waals surface area contributed by atoms with E-state index in [1.807, 2.05) is 19.2 Å². The van der Waals surface area contributed by atoms with E-state index in [0.717, 1.165) is 42.2 Å². The second-order valence-corrected chi connectivity index (χ2v) is 10.6. The molecular formula is C30H28FN5O3. The molecule has 4 heterocycles. The van der Waals surface area contributed by atoms with Crippen molar-refractivity contribution in [1.29, 1.82) is 0 Å². The fraction of sp³-hybridized carbons (Fsp3) is 0.333. The van der Waals surface area contributed by atoms with E-state index >= 15 is 0 Å². The van der Waals surface area contributed by atoms with Gasteiger partial charge in [0.25, 0.3) is 0 Å². The number of esters is 1. The molecule has 0 unspecified atom stereocenters. The third kappa shape index (κ3) is 3.87. The Bertz CT molecular complexity index is 1720. The van der Waals surface area contributed by atoms with Crippen molar-refractivity contribution in [2.24, 2.45) is 17.8 Å². The van der Waals surface area contributed by atoms with Gasteiger partial charge in [0.05, 0.1) is 24.8 Å². The van der Waals surface area contributed by atoms with Gasteiger partial charge in [-0.25, -0.2) is 19.3 Å². The molecular weight excluding hydrogens is 497 g/mol. The van der Waals surface area contributed by atoms with Crippen LogP contribution in [0.2, 0.25) is 0 Å². The van der Waals surface area contributed by atoms with Crippen molar-refractivity contribution in [1.82, 2.24) is 24.5 Å². The smallest absolute Gasteiger partial charge is 0.311 e. The molecule has 0 saturated heterocycles. The van der Waals surface area contributed by atoms with Crippen molar-refractivity contribution in [2.45, 2.75) is 38.6 Å². The van der Waals surface area contributed by atoms with Gasteiger partial charge < -0.3 is 19.4 Å². The molecule has 1 aromatic carbocycles. The van der Waals surface area contributed by atoms with Gasteiger partial charge in [-0.3, -0.25) is 4.79 Å². The summed E-state index contributed by atoms with van der Waals surface area (Å²) >= 11 is 0. The Labute approximate surface area is 223 Å². The molecule has 8 nitrogen and oxygen atoms in total.